The van der Waals surface area contributed by atoms with E-state index in [-0.39, 0.29) is 6.42 Å². The molecule has 1 atom stereocenters. The number of carboxylic acid groups (broad SMARTS) is 2. The Morgan fingerprint density at radius 1 is 1.33 bits per heavy atom. The molecule has 0 aliphatic rings. The highest BCUT2D eigenvalue weighted by atomic mass is 28.2. The van der Waals surface area contributed by atoms with Gasteiger partial charge in [0.05, 0.1) is 32.4 Å². The maximum Gasteiger partial charge on any atom is 0.319 e. The van der Waals surface area contributed by atoms with E-state index in [0.717, 1.165) is 0 Å². The van der Waals surface area contributed by atoms with Crippen LogP contribution in [-0.4, -0.2) is 62.6 Å². The molecule has 0 spiro atoms. The zero-order chi connectivity index (χ0) is 9.94. The predicted molar refractivity (Wildman–Crippen MR) is 54.3 cm³/mol. The summed E-state index contributed by atoms with van der Waals surface area (Å²) in [6.07, 6.45) is -0.276. The minimum atomic E-state index is -1.07. The van der Waals surface area contributed by atoms with E-state index in [1.165, 1.54) is 0 Å². The fourth-order valence-electron chi connectivity index (χ4n) is 0.719. The van der Waals surface area contributed by atoms with Crippen LogP contribution in [-0.2, 0) is 9.59 Å². The second-order valence-corrected chi connectivity index (χ2v) is 9.17. The van der Waals surface area contributed by atoms with E-state index >= 15 is 0 Å². The lowest BCUT2D eigenvalue weighted by Crippen LogP contribution is -2.54. The van der Waals surface area contributed by atoms with Crippen LogP contribution < -0.4 is 0 Å². The van der Waals surface area contributed by atoms with Gasteiger partial charge < -0.3 is 14.4 Å². The summed E-state index contributed by atoms with van der Waals surface area (Å²) in [4.78, 5) is 21.2. The van der Waals surface area contributed by atoms with Gasteiger partial charge in [-0.3, -0.25) is 9.59 Å². The molecule has 0 aromatic carbocycles. The summed E-state index contributed by atoms with van der Waals surface area (Å²) in [6.45, 7) is 0. The summed E-state index contributed by atoms with van der Waals surface area (Å²) in [7, 11) is 1.58. The molecule has 0 aliphatic carbocycles. The monoisotopic (exact) mass is 223 g/mol. The third-order valence-electron chi connectivity index (χ3n) is 1.94. The Morgan fingerprint density at radius 2 is 1.75 bits per heavy atom. The third kappa shape index (κ3) is 2.55. The van der Waals surface area contributed by atoms with Crippen LogP contribution in [0.15, 0.2) is 0 Å². The topological polar surface area (TPSA) is 77.8 Å². The number of hydrogen-bond donors (Lipinski definition) is 2. The zero-order valence-corrected chi connectivity index (χ0v) is 13.4. The molecule has 8 heteroatoms. The van der Waals surface area contributed by atoms with Gasteiger partial charge in [0.2, 0.25) is 0 Å². The molecule has 0 unspecified atom stereocenters. The number of rotatable bonds is 4. The van der Waals surface area contributed by atoms with E-state index in [1.807, 2.05) is 0 Å². The highest BCUT2D eigenvalue weighted by molar-refractivity contribution is 6.38. The Bertz CT molecular complexity index is 208. The van der Waals surface area contributed by atoms with Crippen LogP contribution >= 0.6 is 0 Å². The van der Waals surface area contributed by atoms with Gasteiger partial charge in [-0.25, -0.2) is 0 Å². The third-order valence-corrected chi connectivity index (χ3v) is 7.38. The highest BCUT2D eigenvalue weighted by Crippen LogP contribution is 2.11. The molecule has 0 radical (unpaired) electrons. The average Bonchev–Trinajstić information content (AvgIpc) is 1.84. The van der Waals surface area contributed by atoms with Gasteiger partial charge in [0.15, 0.2) is 0 Å². The Balaban J connectivity index is 4.62. The lowest BCUT2D eigenvalue weighted by molar-refractivity contribution is -0.148. The Labute approximate surface area is 79.2 Å². The maximum absolute atomic E-state index is 10.8. The van der Waals surface area contributed by atoms with Crippen molar-refractivity contribution in [2.45, 2.75) is 11.6 Å². The van der Waals surface area contributed by atoms with E-state index in [2.05, 4.69) is 0 Å². The van der Waals surface area contributed by atoms with E-state index in [4.69, 9.17) is 10.2 Å². The van der Waals surface area contributed by atoms with Crippen molar-refractivity contribution in [2.75, 3.05) is 0 Å². The fraction of sp³-hybridized carbons (Fsp3) is 0.500. The van der Waals surface area contributed by atoms with Crippen LogP contribution in [0.3, 0.4) is 0 Å². The lowest BCUT2D eigenvalue weighted by atomic mass is 10.2. The zero-order valence-electron chi connectivity index (χ0n) is 7.37. The molecule has 0 saturated carbocycles. The molecule has 2 N–H and O–H groups in total. The van der Waals surface area contributed by atoms with Gasteiger partial charge in [0.1, 0.15) is 0 Å². The Morgan fingerprint density at radius 3 is 1.83 bits per heavy atom. The van der Waals surface area contributed by atoms with Crippen molar-refractivity contribution in [2.24, 2.45) is 0 Å². The molecule has 0 aromatic rings. The van der Waals surface area contributed by atoms with Gasteiger partial charge in [-0.2, -0.15) is 0 Å². The maximum atomic E-state index is 10.8. The lowest BCUT2D eigenvalue weighted by Gasteiger charge is -2.31. The second-order valence-electron chi connectivity index (χ2n) is 3.04. The molecule has 0 heterocycles. The van der Waals surface area contributed by atoms with Crippen LogP contribution in [0.1, 0.15) is 6.42 Å². The first-order valence-corrected chi connectivity index (χ1v) is 6.22. The van der Waals surface area contributed by atoms with Crippen LogP contribution in [0.25, 0.3) is 0 Å². The van der Waals surface area contributed by atoms with Crippen molar-refractivity contribution in [3.8, 4) is 0 Å². The second kappa shape index (κ2) is 3.98. The molecule has 0 aliphatic heterocycles. The molecule has 0 fully saturated rings. The first-order valence-electron chi connectivity index (χ1n) is 3.43. The minimum absolute atomic E-state index is 0.276. The molecule has 0 aromatic heterocycles. The molecule has 5 nitrogen and oxygen atoms in total. The molecular formula is C4H13NO4Si3. The van der Waals surface area contributed by atoms with Gasteiger partial charge in [-0.05, 0) is 0 Å². The molecule has 70 valence electrons. The van der Waals surface area contributed by atoms with Gasteiger partial charge in [-0.1, -0.05) is 0 Å². The summed E-state index contributed by atoms with van der Waals surface area (Å²) in [6, 6.07) is 0. The van der Waals surface area contributed by atoms with Gasteiger partial charge in [0.25, 0.3) is 0 Å². The van der Waals surface area contributed by atoms with E-state index < -0.39 is 17.1 Å². The van der Waals surface area contributed by atoms with Crippen LogP contribution in [0.2, 0.25) is 0 Å². The number of hydrogen-bond acceptors (Lipinski definition) is 3. The summed E-state index contributed by atoms with van der Waals surface area (Å²) in [5, 5.41) is 16.3. The van der Waals surface area contributed by atoms with E-state index in [1.54, 1.807) is 4.23 Å². The number of aliphatic carboxylic acids is 2. The SMILES string of the molecule is O=C(O)C[C@@]([SiH3])(C(=O)O)N([SiH3])[SiH3]. The fourth-order valence-corrected chi connectivity index (χ4v) is 1.72. The summed E-state index contributed by atoms with van der Waals surface area (Å²) in [5.74, 6) is -2.04. The number of carbonyl (C=O) groups is 2. The smallest absolute Gasteiger partial charge is 0.319 e. The average molecular weight is 223 g/mol. The largest absolute Gasteiger partial charge is 0.481 e. The van der Waals surface area contributed by atoms with Crippen molar-refractivity contribution in [3.63, 3.8) is 0 Å². The van der Waals surface area contributed by atoms with E-state index in [0.29, 0.717) is 31.1 Å². The van der Waals surface area contributed by atoms with Crippen LogP contribution in [0.5, 0.6) is 0 Å². The van der Waals surface area contributed by atoms with E-state index in [9.17, 15) is 9.59 Å². The van der Waals surface area contributed by atoms with Gasteiger partial charge in [0, 0.05) is 10.2 Å². The minimum Gasteiger partial charge on any atom is -0.481 e. The number of nitrogens with zero attached hydrogens (tertiary/aromatic N) is 1. The van der Waals surface area contributed by atoms with Crippen molar-refractivity contribution < 1.29 is 19.8 Å². The van der Waals surface area contributed by atoms with Gasteiger partial charge in [-0.15, -0.1) is 0 Å². The van der Waals surface area contributed by atoms with Crippen LogP contribution in [0.4, 0.5) is 0 Å². The highest BCUT2D eigenvalue weighted by Gasteiger charge is 2.36. The molecular weight excluding hydrogens is 210 g/mol. The summed E-state index contributed by atoms with van der Waals surface area (Å²) < 4.78 is 1.72. The van der Waals surface area contributed by atoms with Crippen molar-refractivity contribution in [1.82, 2.24) is 4.23 Å². The first kappa shape index (κ1) is 11.6. The Kier molecular flexibility index (Phi) is 3.83. The predicted octanol–water partition coefficient (Wildman–Crippen LogP) is -4.53. The molecule has 0 bridgehead atoms. The standard InChI is InChI=1S/C4H13NO4Si3/c6-2(7)1-4(10,3(8)9)5(11)12/h1H2,10-12H3,(H,6,7)(H,8,9)/t4-/m1/s1. The van der Waals surface area contributed by atoms with Crippen LogP contribution in [0, 0.1) is 0 Å². The van der Waals surface area contributed by atoms with Gasteiger partial charge >= 0.3 is 11.9 Å². The summed E-state index contributed by atoms with van der Waals surface area (Å²) >= 11 is 0. The summed E-state index contributed by atoms with van der Waals surface area (Å²) in [5.41, 5.74) is 0. The molecule has 12 heavy (non-hydrogen) atoms. The normalized spacial score (nSPS) is 16.4. The quantitative estimate of drug-likeness (QED) is 0.470. The van der Waals surface area contributed by atoms with Crippen molar-refractivity contribution in [1.29, 1.82) is 0 Å². The first-order chi connectivity index (χ1) is 5.30. The molecule has 0 saturated heterocycles. The Hall–Kier alpha value is -0.449. The molecule has 0 amide bonds. The number of carboxylic acids is 2. The molecule has 0 rings (SSSR count). The van der Waals surface area contributed by atoms with Crippen molar-refractivity contribution in [3.05, 3.63) is 0 Å². The van der Waals surface area contributed by atoms with Crippen molar-refractivity contribution >= 4 is 43.0 Å².